The van der Waals surface area contributed by atoms with E-state index >= 15 is 0 Å². The SMILES string of the molecule is C.C/C(=C\c1cc(F)c(Oc2ccccc2)c(F)c1)C(=O)O.CCOC(=O)/C(C)=C/c1cc(F)c(Oc2ccccc2)c(F)c1. The molecule has 0 fully saturated rings. The summed E-state index contributed by atoms with van der Waals surface area (Å²) in [7, 11) is 0. The molecule has 0 aliphatic rings. The van der Waals surface area contributed by atoms with Gasteiger partial charge in [-0.2, -0.15) is 0 Å². The van der Waals surface area contributed by atoms with Gasteiger partial charge >= 0.3 is 11.9 Å². The minimum absolute atomic E-state index is 0. The van der Waals surface area contributed by atoms with Gasteiger partial charge in [0.1, 0.15) is 11.5 Å². The molecule has 0 spiro atoms. The lowest BCUT2D eigenvalue weighted by Crippen LogP contribution is -2.05. The molecule has 0 aliphatic heterocycles. The zero-order chi connectivity index (χ0) is 32.2. The van der Waals surface area contributed by atoms with Crippen molar-refractivity contribution in [2.75, 3.05) is 6.61 Å². The van der Waals surface area contributed by atoms with Crippen LogP contribution in [0.1, 0.15) is 39.3 Å². The number of halogens is 4. The number of hydrogen-bond donors (Lipinski definition) is 1. The van der Waals surface area contributed by atoms with Crippen molar-refractivity contribution < 1.29 is 46.5 Å². The monoisotopic (exact) mass is 624 g/mol. The maximum absolute atomic E-state index is 14.1. The highest BCUT2D eigenvalue weighted by atomic mass is 19.1. The Morgan fingerprint density at radius 1 is 0.667 bits per heavy atom. The summed E-state index contributed by atoms with van der Waals surface area (Å²) in [5.74, 6) is -5.55. The number of para-hydroxylation sites is 2. The van der Waals surface area contributed by atoms with Gasteiger partial charge in [0, 0.05) is 11.1 Å². The highest BCUT2D eigenvalue weighted by molar-refractivity contribution is 5.93. The predicted octanol–water partition coefficient (Wildman–Crippen LogP) is 9.60. The first-order valence-electron chi connectivity index (χ1n) is 13.2. The van der Waals surface area contributed by atoms with Crippen molar-refractivity contribution in [2.24, 2.45) is 0 Å². The summed E-state index contributed by atoms with van der Waals surface area (Å²) in [5.41, 5.74) is 0.559. The first-order valence-corrected chi connectivity index (χ1v) is 13.2. The van der Waals surface area contributed by atoms with Crippen LogP contribution in [-0.4, -0.2) is 23.7 Å². The van der Waals surface area contributed by atoms with Crippen LogP contribution in [0.15, 0.2) is 96.1 Å². The van der Waals surface area contributed by atoms with Gasteiger partial charge in [-0.3, -0.25) is 0 Å². The zero-order valence-corrected chi connectivity index (χ0v) is 23.9. The van der Waals surface area contributed by atoms with Crippen molar-refractivity contribution in [3.05, 3.63) is 130 Å². The number of ether oxygens (including phenoxy) is 3. The lowest BCUT2D eigenvalue weighted by Gasteiger charge is -2.09. The number of carboxylic acid groups (broad SMARTS) is 1. The molecule has 0 bridgehead atoms. The number of esters is 1. The maximum Gasteiger partial charge on any atom is 0.333 e. The highest BCUT2D eigenvalue weighted by Gasteiger charge is 2.15. The van der Waals surface area contributed by atoms with Gasteiger partial charge in [0.15, 0.2) is 34.8 Å². The molecule has 0 aromatic heterocycles. The third-order valence-corrected chi connectivity index (χ3v) is 5.67. The van der Waals surface area contributed by atoms with Crippen molar-refractivity contribution in [1.82, 2.24) is 0 Å². The smallest absolute Gasteiger partial charge is 0.333 e. The number of hydrogen-bond acceptors (Lipinski definition) is 5. The minimum Gasteiger partial charge on any atom is -0.478 e. The molecule has 0 heterocycles. The van der Waals surface area contributed by atoms with Gasteiger partial charge < -0.3 is 19.3 Å². The Balaban J connectivity index is 0.000000308. The Labute approximate surface area is 258 Å². The summed E-state index contributed by atoms with van der Waals surface area (Å²) < 4.78 is 71.2. The number of carbonyl (C=O) groups excluding carboxylic acids is 1. The Morgan fingerprint density at radius 2 is 1.02 bits per heavy atom. The molecule has 10 heteroatoms. The van der Waals surface area contributed by atoms with E-state index in [2.05, 4.69) is 0 Å². The van der Waals surface area contributed by atoms with Crippen LogP contribution in [0.2, 0.25) is 0 Å². The second kappa shape index (κ2) is 17.0. The Morgan fingerprint density at radius 3 is 1.36 bits per heavy atom. The molecule has 236 valence electrons. The quantitative estimate of drug-likeness (QED) is 0.113. The summed E-state index contributed by atoms with van der Waals surface area (Å²) in [6.45, 7) is 4.77. The van der Waals surface area contributed by atoms with Crippen molar-refractivity contribution in [1.29, 1.82) is 0 Å². The molecule has 4 aromatic rings. The Hall–Kier alpha value is -5.38. The van der Waals surface area contributed by atoms with Crippen LogP contribution in [0.3, 0.4) is 0 Å². The van der Waals surface area contributed by atoms with Crippen molar-refractivity contribution >= 4 is 24.1 Å². The van der Waals surface area contributed by atoms with E-state index in [4.69, 9.17) is 19.3 Å². The normalized spacial score (nSPS) is 11.0. The van der Waals surface area contributed by atoms with Gasteiger partial charge in [0.2, 0.25) is 0 Å². The molecule has 1 N–H and O–H groups in total. The number of aliphatic carboxylic acids is 1. The second-order valence-corrected chi connectivity index (χ2v) is 9.14. The van der Waals surface area contributed by atoms with Gasteiger partial charge in [0.25, 0.3) is 0 Å². The number of benzene rings is 4. The van der Waals surface area contributed by atoms with Gasteiger partial charge in [-0.1, -0.05) is 43.8 Å². The lowest BCUT2D eigenvalue weighted by atomic mass is 10.1. The molecule has 0 amide bonds. The topological polar surface area (TPSA) is 82.1 Å². The van der Waals surface area contributed by atoms with Crippen LogP contribution < -0.4 is 9.47 Å². The molecular weight excluding hydrogens is 592 g/mol. The zero-order valence-electron chi connectivity index (χ0n) is 23.9. The maximum atomic E-state index is 14.1. The van der Waals surface area contributed by atoms with Crippen molar-refractivity contribution in [3.8, 4) is 23.0 Å². The molecule has 0 radical (unpaired) electrons. The van der Waals surface area contributed by atoms with E-state index in [-0.39, 0.29) is 36.3 Å². The van der Waals surface area contributed by atoms with E-state index in [1.54, 1.807) is 67.6 Å². The van der Waals surface area contributed by atoms with E-state index in [0.717, 1.165) is 24.3 Å². The van der Waals surface area contributed by atoms with Crippen LogP contribution in [0, 0.1) is 23.3 Å². The van der Waals surface area contributed by atoms with E-state index in [9.17, 15) is 27.2 Å². The summed E-state index contributed by atoms with van der Waals surface area (Å²) in [6, 6.07) is 20.9. The molecular formula is C35H32F4O6. The van der Waals surface area contributed by atoms with E-state index in [0.29, 0.717) is 11.5 Å². The van der Waals surface area contributed by atoms with Gasteiger partial charge in [-0.15, -0.1) is 0 Å². The van der Waals surface area contributed by atoms with Crippen LogP contribution in [0.4, 0.5) is 17.6 Å². The largest absolute Gasteiger partial charge is 0.478 e. The van der Waals surface area contributed by atoms with Gasteiger partial charge in [0.05, 0.1) is 6.61 Å². The molecule has 0 aliphatic carbocycles. The van der Waals surface area contributed by atoms with Crippen molar-refractivity contribution in [3.63, 3.8) is 0 Å². The third kappa shape index (κ3) is 10.7. The second-order valence-electron chi connectivity index (χ2n) is 9.14. The fourth-order valence-corrected chi connectivity index (χ4v) is 3.60. The van der Waals surface area contributed by atoms with Crippen LogP contribution in [0.25, 0.3) is 12.2 Å². The molecule has 6 nitrogen and oxygen atoms in total. The number of carbonyl (C=O) groups is 2. The lowest BCUT2D eigenvalue weighted by molar-refractivity contribution is -0.138. The van der Waals surface area contributed by atoms with Gasteiger partial charge in [-0.05, 0) is 92.6 Å². The summed E-state index contributed by atoms with van der Waals surface area (Å²) in [4.78, 5) is 22.2. The molecule has 0 atom stereocenters. The van der Waals surface area contributed by atoms with E-state index in [1.807, 2.05) is 0 Å². The molecule has 0 saturated carbocycles. The van der Waals surface area contributed by atoms with E-state index in [1.165, 1.54) is 26.0 Å². The first kappa shape index (κ1) is 35.8. The number of carboxylic acids is 1. The minimum atomic E-state index is -1.15. The fraction of sp³-hybridized carbons (Fsp3) is 0.143. The average molecular weight is 625 g/mol. The number of rotatable bonds is 9. The standard InChI is InChI=1S/C18H16F2O3.C16H12F2O3.CH4/c1-3-22-18(21)12(2)9-13-10-15(19)17(16(20)11-13)23-14-7-5-4-6-8-14;1-10(16(19)20)7-11-8-13(17)15(14(18)9-11)21-12-5-3-2-4-6-12;/h4-11H,3H2,1-2H3;2-9H,1H3,(H,19,20);1H4/b12-9+;10-7+;. The highest BCUT2D eigenvalue weighted by Crippen LogP contribution is 2.30. The summed E-state index contributed by atoms with van der Waals surface area (Å²) >= 11 is 0. The average Bonchev–Trinajstić information content (AvgIpc) is 2.98. The predicted molar refractivity (Wildman–Crippen MR) is 164 cm³/mol. The van der Waals surface area contributed by atoms with Crippen LogP contribution in [-0.2, 0) is 14.3 Å². The third-order valence-electron chi connectivity index (χ3n) is 5.67. The molecule has 45 heavy (non-hydrogen) atoms. The van der Waals surface area contributed by atoms with E-state index < -0.39 is 46.7 Å². The Kier molecular flexibility index (Phi) is 13.6. The Bertz CT molecular complexity index is 1620. The summed E-state index contributed by atoms with van der Waals surface area (Å²) in [6.07, 6.45) is 2.54. The van der Waals surface area contributed by atoms with Crippen LogP contribution >= 0.6 is 0 Å². The molecule has 4 aromatic carbocycles. The van der Waals surface area contributed by atoms with Gasteiger partial charge in [-0.25, -0.2) is 27.2 Å². The molecule has 0 saturated heterocycles. The summed E-state index contributed by atoms with van der Waals surface area (Å²) in [5, 5.41) is 8.75. The fourth-order valence-electron chi connectivity index (χ4n) is 3.60. The molecule has 0 unspecified atom stereocenters. The van der Waals surface area contributed by atoms with Crippen LogP contribution in [0.5, 0.6) is 23.0 Å². The first-order chi connectivity index (χ1) is 21.0. The molecule has 4 rings (SSSR count). The van der Waals surface area contributed by atoms with Crippen molar-refractivity contribution in [2.45, 2.75) is 28.2 Å².